The fourth-order valence-corrected chi connectivity index (χ4v) is 3.63. The Morgan fingerprint density at radius 3 is 2.58 bits per heavy atom. The second-order valence-corrected chi connectivity index (χ2v) is 6.63. The van der Waals surface area contributed by atoms with Crippen molar-refractivity contribution in [1.82, 2.24) is 4.90 Å². The molecule has 2 aliphatic heterocycles. The summed E-state index contributed by atoms with van der Waals surface area (Å²) in [5, 5.41) is 9.57. The Morgan fingerprint density at radius 2 is 1.81 bits per heavy atom. The summed E-state index contributed by atoms with van der Waals surface area (Å²) in [5.41, 5.74) is 1.78. The van der Waals surface area contributed by atoms with Gasteiger partial charge in [0, 0.05) is 19.0 Å². The molecule has 4 rings (SSSR count). The van der Waals surface area contributed by atoms with Crippen molar-refractivity contribution in [2.24, 2.45) is 5.92 Å². The van der Waals surface area contributed by atoms with E-state index < -0.39 is 11.9 Å². The standard InChI is InChI=1S/C20H19NO5/c22-19(9-13-6-7-17-18(8-13)26-12-25-17)21-10-15(16(11-21)20(23)24)14-4-2-1-3-5-14/h1-8,15-16H,9-12H2,(H,23,24). The number of nitrogens with zero attached hydrogens (tertiary/aromatic N) is 1. The normalized spacial score (nSPS) is 21.0. The van der Waals surface area contributed by atoms with E-state index in [9.17, 15) is 14.7 Å². The van der Waals surface area contributed by atoms with Crippen LogP contribution in [-0.2, 0) is 16.0 Å². The van der Waals surface area contributed by atoms with Crippen molar-refractivity contribution in [3.05, 3.63) is 59.7 Å². The molecule has 134 valence electrons. The maximum absolute atomic E-state index is 12.7. The number of ether oxygens (including phenoxy) is 2. The molecule has 1 N–H and O–H groups in total. The largest absolute Gasteiger partial charge is 0.481 e. The third kappa shape index (κ3) is 3.10. The molecule has 0 aromatic heterocycles. The van der Waals surface area contributed by atoms with Gasteiger partial charge in [-0.25, -0.2) is 0 Å². The van der Waals surface area contributed by atoms with Crippen molar-refractivity contribution in [2.45, 2.75) is 12.3 Å². The second kappa shape index (κ2) is 6.71. The highest BCUT2D eigenvalue weighted by molar-refractivity contribution is 5.81. The molecule has 0 spiro atoms. The van der Waals surface area contributed by atoms with Crippen molar-refractivity contribution in [1.29, 1.82) is 0 Å². The van der Waals surface area contributed by atoms with Gasteiger partial charge in [-0.15, -0.1) is 0 Å². The summed E-state index contributed by atoms with van der Waals surface area (Å²) in [5.74, 6) is -0.391. The van der Waals surface area contributed by atoms with Crippen LogP contribution in [0.25, 0.3) is 0 Å². The summed E-state index contributed by atoms with van der Waals surface area (Å²) in [6, 6.07) is 15.0. The third-order valence-electron chi connectivity index (χ3n) is 5.01. The first-order valence-electron chi connectivity index (χ1n) is 8.56. The smallest absolute Gasteiger partial charge is 0.308 e. The van der Waals surface area contributed by atoms with Crippen molar-refractivity contribution in [3.8, 4) is 11.5 Å². The molecule has 1 fully saturated rings. The zero-order valence-electron chi connectivity index (χ0n) is 14.1. The van der Waals surface area contributed by atoms with Gasteiger partial charge in [-0.3, -0.25) is 9.59 Å². The van der Waals surface area contributed by atoms with Crippen molar-refractivity contribution < 1.29 is 24.2 Å². The number of rotatable bonds is 4. The number of carboxylic acid groups (broad SMARTS) is 1. The molecule has 2 unspecified atom stereocenters. The second-order valence-electron chi connectivity index (χ2n) is 6.63. The van der Waals surface area contributed by atoms with E-state index in [2.05, 4.69) is 0 Å². The topological polar surface area (TPSA) is 76.1 Å². The predicted molar refractivity (Wildman–Crippen MR) is 93.2 cm³/mol. The van der Waals surface area contributed by atoms with E-state index in [0.717, 1.165) is 11.1 Å². The van der Waals surface area contributed by atoms with Crippen LogP contribution in [0.2, 0.25) is 0 Å². The van der Waals surface area contributed by atoms with Gasteiger partial charge in [-0.1, -0.05) is 36.4 Å². The molecule has 26 heavy (non-hydrogen) atoms. The van der Waals surface area contributed by atoms with Gasteiger partial charge in [0.15, 0.2) is 11.5 Å². The lowest BCUT2D eigenvalue weighted by Gasteiger charge is -2.16. The van der Waals surface area contributed by atoms with Crippen LogP contribution in [0, 0.1) is 5.92 Å². The van der Waals surface area contributed by atoms with Crippen LogP contribution < -0.4 is 9.47 Å². The van der Waals surface area contributed by atoms with Crippen LogP contribution in [0.15, 0.2) is 48.5 Å². The number of fused-ring (bicyclic) bond motifs is 1. The van der Waals surface area contributed by atoms with Crippen LogP contribution in [0.1, 0.15) is 17.0 Å². The molecule has 1 saturated heterocycles. The first-order valence-corrected chi connectivity index (χ1v) is 8.56. The quantitative estimate of drug-likeness (QED) is 0.913. The van der Waals surface area contributed by atoms with E-state index in [1.54, 1.807) is 17.0 Å². The van der Waals surface area contributed by atoms with Gasteiger partial charge in [-0.2, -0.15) is 0 Å². The Bertz CT molecular complexity index is 835. The SMILES string of the molecule is O=C(O)C1CN(C(=O)Cc2ccc3c(c2)OCO3)CC1c1ccccc1. The van der Waals surface area contributed by atoms with Gasteiger partial charge < -0.3 is 19.5 Å². The number of benzene rings is 2. The van der Waals surface area contributed by atoms with Crippen LogP contribution in [-0.4, -0.2) is 41.8 Å². The van der Waals surface area contributed by atoms with E-state index in [4.69, 9.17) is 9.47 Å². The number of carbonyl (C=O) groups is 2. The number of amides is 1. The third-order valence-corrected chi connectivity index (χ3v) is 5.01. The van der Waals surface area contributed by atoms with E-state index in [1.165, 1.54) is 0 Å². The summed E-state index contributed by atoms with van der Waals surface area (Å²) in [6.45, 7) is 0.848. The number of hydrogen-bond donors (Lipinski definition) is 1. The lowest BCUT2D eigenvalue weighted by molar-refractivity contribution is -0.141. The van der Waals surface area contributed by atoms with Crippen molar-refractivity contribution >= 4 is 11.9 Å². The van der Waals surface area contributed by atoms with Gasteiger partial charge in [-0.05, 0) is 23.3 Å². The number of carboxylic acids is 1. The van der Waals surface area contributed by atoms with Gasteiger partial charge in [0.1, 0.15) is 0 Å². The first kappa shape index (κ1) is 16.4. The Balaban J connectivity index is 1.49. The minimum Gasteiger partial charge on any atom is -0.481 e. The molecule has 0 bridgehead atoms. The molecule has 2 aromatic carbocycles. The van der Waals surface area contributed by atoms with E-state index in [1.807, 2.05) is 36.4 Å². The predicted octanol–water partition coefficient (Wildman–Crippen LogP) is 2.28. The summed E-state index contributed by atoms with van der Waals surface area (Å²) in [7, 11) is 0. The molecular weight excluding hydrogens is 334 g/mol. The Kier molecular flexibility index (Phi) is 4.24. The summed E-state index contributed by atoms with van der Waals surface area (Å²) in [6.07, 6.45) is 0.213. The fraction of sp³-hybridized carbons (Fsp3) is 0.300. The average Bonchev–Trinajstić information content (AvgIpc) is 3.29. The van der Waals surface area contributed by atoms with Crippen LogP contribution in [0.5, 0.6) is 11.5 Å². The van der Waals surface area contributed by atoms with Crippen LogP contribution in [0.3, 0.4) is 0 Å². The lowest BCUT2D eigenvalue weighted by Crippen LogP contribution is -2.31. The van der Waals surface area contributed by atoms with Gasteiger partial charge >= 0.3 is 5.97 Å². The number of carbonyl (C=O) groups excluding carboxylic acids is 1. The maximum atomic E-state index is 12.7. The highest BCUT2D eigenvalue weighted by Crippen LogP contribution is 2.35. The van der Waals surface area contributed by atoms with Gasteiger partial charge in [0.25, 0.3) is 0 Å². The minimum atomic E-state index is -0.864. The van der Waals surface area contributed by atoms with Crippen molar-refractivity contribution in [2.75, 3.05) is 19.9 Å². The summed E-state index contributed by atoms with van der Waals surface area (Å²) in [4.78, 5) is 26.0. The Morgan fingerprint density at radius 1 is 1.04 bits per heavy atom. The molecule has 2 aliphatic rings. The highest BCUT2D eigenvalue weighted by atomic mass is 16.7. The monoisotopic (exact) mass is 353 g/mol. The molecule has 0 aliphatic carbocycles. The zero-order valence-corrected chi connectivity index (χ0v) is 14.1. The minimum absolute atomic E-state index is 0.0754. The van der Waals surface area contributed by atoms with E-state index in [-0.39, 0.29) is 31.6 Å². The molecule has 6 heteroatoms. The van der Waals surface area contributed by atoms with Gasteiger partial charge in [0.05, 0.1) is 12.3 Å². The number of hydrogen-bond acceptors (Lipinski definition) is 4. The number of likely N-dealkylation sites (tertiary alicyclic amines) is 1. The van der Waals surface area contributed by atoms with Crippen LogP contribution >= 0.6 is 0 Å². The lowest BCUT2D eigenvalue weighted by atomic mass is 9.89. The molecule has 0 radical (unpaired) electrons. The zero-order chi connectivity index (χ0) is 18.1. The van der Waals surface area contributed by atoms with Crippen LogP contribution in [0.4, 0.5) is 0 Å². The van der Waals surface area contributed by atoms with Crippen molar-refractivity contribution in [3.63, 3.8) is 0 Å². The first-order chi connectivity index (χ1) is 12.6. The fourth-order valence-electron chi connectivity index (χ4n) is 3.63. The molecule has 6 nitrogen and oxygen atoms in total. The van der Waals surface area contributed by atoms with E-state index in [0.29, 0.717) is 18.0 Å². The highest BCUT2D eigenvalue weighted by Gasteiger charge is 2.40. The molecule has 2 atom stereocenters. The average molecular weight is 353 g/mol. The Hall–Kier alpha value is -3.02. The van der Waals surface area contributed by atoms with Gasteiger partial charge in [0.2, 0.25) is 12.7 Å². The molecule has 2 aromatic rings. The van der Waals surface area contributed by atoms with E-state index >= 15 is 0 Å². The molecule has 1 amide bonds. The summed E-state index contributed by atoms with van der Waals surface area (Å²) >= 11 is 0. The summed E-state index contributed by atoms with van der Waals surface area (Å²) < 4.78 is 10.6. The molecule has 0 saturated carbocycles. The number of aliphatic carboxylic acids is 1. The molecule has 2 heterocycles. The Labute approximate surface area is 151 Å². The molecular formula is C20H19NO5. The maximum Gasteiger partial charge on any atom is 0.308 e.